The summed E-state index contributed by atoms with van der Waals surface area (Å²) in [5.41, 5.74) is 1.40. The number of quaternary nitrogens is 1. The molecule has 0 N–H and O–H groups in total. The van der Waals surface area contributed by atoms with Crippen molar-refractivity contribution < 1.29 is 4.48 Å². The summed E-state index contributed by atoms with van der Waals surface area (Å²) in [6.07, 6.45) is 4.99. The molecule has 0 aliphatic carbocycles. The summed E-state index contributed by atoms with van der Waals surface area (Å²) in [6.45, 7) is 7.46. The highest BCUT2D eigenvalue weighted by Crippen LogP contribution is 2.09. The summed E-state index contributed by atoms with van der Waals surface area (Å²) in [6, 6.07) is 0. The second kappa shape index (κ2) is 5.36. The maximum atomic E-state index is 4.00. The Labute approximate surface area is 77.7 Å². The lowest BCUT2D eigenvalue weighted by atomic mass is 10.1. The maximum Gasteiger partial charge on any atom is 0.0780 e. The largest absolute Gasteiger partial charge is 0.331 e. The molecule has 0 heterocycles. The van der Waals surface area contributed by atoms with Crippen LogP contribution in [0.15, 0.2) is 12.2 Å². The van der Waals surface area contributed by atoms with Gasteiger partial charge in [0.2, 0.25) is 0 Å². The maximum absolute atomic E-state index is 4.00. The van der Waals surface area contributed by atoms with E-state index in [1.807, 2.05) is 0 Å². The van der Waals surface area contributed by atoms with Gasteiger partial charge in [-0.3, -0.25) is 0 Å². The van der Waals surface area contributed by atoms with Crippen LogP contribution in [0.3, 0.4) is 0 Å². The van der Waals surface area contributed by atoms with Crippen LogP contribution < -0.4 is 0 Å². The quantitative estimate of drug-likeness (QED) is 0.327. The number of hydrogen-bond acceptors (Lipinski definition) is 0. The molecular weight excluding hydrogens is 146 g/mol. The van der Waals surface area contributed by atoms with Gasteiger partial charge in [0, 0.05) is 0 Å². The zero-order valence-corrected chi connectivity index (χ0v) is 9.19. The first kappa shape index (κ1) is 11.7. The van der Waals surface area contributed by atoms with Gasteiger partial charge in [0.25, 0.3) is 0 Å². The number of nitrogens with zero attached hydrogens (tertiary/aromatic N) is 1. The predicted molar refractivity (Wildman–Crippen MR) is 56.2 cm³/mol. The third-order valence-electron chi connectivity index (χ3n) is 2.11. The van der Waals surface area contributed by atoms with Crippen LogP contribution in [0.5, 0.6) is 0 Å². The molecule has 0 atom stereocenters. The summed E-state index contributed by atoms with van der Waals surface area (Å²) >= 11 is 0. The predicted octanol–water partition coefficient (Wildman–Crippen LogP) is 2.83. The topological polar surface area (TPSA) is 0 Å². The SMILES string of the molecule is C=C(CC)CCCC[N+](C)(C)C. The van der Waals surface area contributed by atoms with Gasteiger partial charge >= 0.3 is 0 Å². The van der Waals surface area contributed by atoms with Crippen LogP contribution in [-0.4, -0.2) is 32.2 Å². The average molecular weight is 170 g/mol. The van der Waals surface area contributed by atoms with Crippen molar-refractivity contribution in [3.05, 3.63) is 12.2 Å². The average Bonchev–Trinajstić information content (AvgIpc) is 1.96. The molecule has 0 aliphatic heterocycles. The van der Waals surface area contributed by atoms with Gasteiger partial charge in [-0.15, -0.1) is 0 Å². The van der Waals surface area contributed by atoms with Crippen LogP contribution in [0.4, 0.5) is 0 Å². The van der Waals surface area contributed by atoms with Crippen LogP contribution in [0.25, 0.3) is 0 Å². The normalized spacial score (nSPS) is 11.7. The second-order valence-electron chi connectivity index (χ2n) is 4.57. The third kappa shape index (κ3) is 7.80. The molecule has 1 nitrogen and oxygen atoms in total. The molecule has 1 heteroatoms. The number of unbranched alkanes of at least 4 members (excludes halogenated alkanes) is 1. The number of rotatable bonds is 6. The van der Waals surface area contributed by atoms with Gasteiger partial charge in [-0.05, 0) is 25.7 Å². The minimum Gasteiger partial charge on any atom is -0.331 e. The van der Waals surface area contributed by atoms with E-state index in [0.717, 1.165) is 10.9 Å². The van der Waals surface area contributed by atoms with E-state index in [0.29, 0.717) is 0 Å². The van der Waals surface area contributed by atoms with Gasteiger partial charge in [-0.2, -0.15) is 0 Å². The summed E-state index contributed by atoms with van der Waals surface area (Å²) in [4.78, 5) is 0. The van der Waals surface area contributed by atoms with Crippen LogP contribution in [-0.2, 0) is 0 Å². The highest BCUT2D eigenvalue weighted by atomic mass is 15.3. The molecule has 0 saturated carbocycles. The summed E-state index contributed by atoms with van der Waals surface area (Å²) in [5.74, 6) is 0. The van der Waals surface area contributed by atoms with Gasteiger partial charge in [0.1, 0.15) is 0 Å². The third-order valence-corrected chi connectivity index (χ3v) is 2.11. The lowest BCUT2D eigenvalue weighted by Crippen LogP contribution is -2.35. The molecule has 0 spiro atoms. The smallest absolute Gasteiger partial charge is 0.0780 e. The van der Waals surface area contributed by atoms with Crippen molar-refractivity contribution in [3.8, 4) is 0 Å². The molecule has 0 aromatic rings. The zero-order chi connectivity index (χ0) is 9.61. The first-order valence-electron chi connectivity index (χ1n) is 4.93. The minimum absolute atomic E-state index is 1.08. The summed E-state index contributed by atoms with van der Waals surface area (Å²) in [7, 11) is 6.73. The van der Waals surface area contributed by atoms with Crippen molar-refractivity contribution in [2.45, 2.75) is 32.6 Å². The van der Waals surface area contributed by atoms with E-state index in [1.165, 1.54) is 31.4 Å². The molecule has 12 heavy (non-hydrogen) atoms. The van der Waals surface area contributed by atoms with E-state index < -0.39 is 0 Å². The zero-order valence-electron chi connectivity index (χ0n) is 9.19. The van der Waals surface area contributed by atoms with E-state index in [-0.39, 0.29) is 0 Å². The van der Waals surface area contributed by atoms with Crippen molar-refractivity contribution in [3.63, 3.8) is 0 Å². The second-order valence-corrected chi connectivity index (χ2v) is 4.57. The van der Waals surface area contributed by atoms with Crippen molar-refractivity contribution in [2.75, 3.05) is 27.7 Å². The Morgan fingerprint density at radius 2 is 1.75 bits per heavy atom. The molecule has 0 amide bonds. The molecular formula is C11H24N+. The molecule has 72 valence electrons. The highest BCUT2D eigenvalue weighted by molar-refractivity contribution is 4.91. The molecule has 0 rings (SSSR count). The molecule has 0 saturated heterocycles. The molecule has 0 fully saturated rings. The van der Waals surface area contributed by atoms with Crippen LogP contribution in [0, 0.1) is 0 Å². The fraction of sp³-hybridized carbons (Fsp3) is 0.818. The Kier molecular flexibility index (Phi) is 5.23. The monoisotopic (exact) mass is 170 g/mol. The lowest BCUT2D eigenvalue weighted by Gasteiger charge is -2.23. The highest BCUT2D eigenvalue weighted by Gasteiger charge is 2.05. The van der Waals surface area contributed by atoms with Crippen LogP contribution >= 0.6 is 0 Å². The Bertz CT molecular complexity index is 130. The van der Waals surface area contributed by atoms with E-state index >= 15 is 0 Å². The lowest BCUT2D eigenvalue weighted by molar-refractivity contribution is -0.870. The number of allylic oxidation sites excluding steroid dienone is 1. The van der Waals surface area contributed by atoms with Crippen molar-refractivity contribution in [2.24, 2.45) is 0 Å². The van der Waals surface area contributed by atoms with Crippen molar-refractivity contribution >= 4 is 0 Å². The fourth-order valence-electron chi connectivity index (χ4n) is 1.14. The van der Waals surface area contributed by atoms with Gasteiger partial charge in [-0.25, -0.2) is 0 Å². The Balaban J connectivity index is 3.28. The fourth-order valence-corrected chi connectivity index (χ4v) is 1.14. The Hall–Kier alpha value is -0.300. The molecule has 0 radical (unpaired) electrons. The summed E-state index contributed by atoms with van der Waals surface area (Å²) < 4.78 is 1.08. The van der Waals surface area contributed by atoms with Gasteiger partial charge < -0.3 is 4.48 Å². The summed E-state index contributed by atoms with van der Waals surface area (Å²) in [5, 5.41) is 0. The van der Waals surface area contributed by atoms with Gasteiger partial charge in [0.15, 0.2) is 0 Å². The van der Waals surface area contributed by atoms with Gasteiger partial charge in [0.05, 0.1) is 27.7 Å². The van der Waals surface area contributed by atoms with Crippen molar-refractivity contribution in [1.82, 2.24) is 0 Å². The Morgan fingerprint density at radius 1 is 1.17 bits per heavy atom. The molecule has 0 aromatic heterocycles. The van der Waals surface area contributed by atoms with E-state index in [1.54, 1.807) is 0 Å². The Morgan fingerprint density at radius 3 is 2.17 bits per heavy atom. The molecule has 0 bridgehead atoms. The molecule has 0 aromatic carbocycles. The first-order valence-corrected chi connectivity index (χ1v) is 4.93. The van der Waals surface area contributed by atoms with E-state index in [2.05, 4.69) is 34.6 Å². The van der Waals surface area contributed by atoms with Gasteiger partial charge in [-0.1, -0.05) is 19.1 Å². The molecule has 0 unspecified atom stereocenters. The standard InChI is InChI=1S/C11H24N/c1-6-11(2)9-7-8-10-12(3,4)5/h2,6-10H2,1,3-5H3/q+1. The minimum atomic E-state index is 1.08. The number of hydrogen-bond donors (Lipinski definition) is 0. The van der Waals surface area contributed by atoms with Crippen molar-refractivity contribution in [1.29, 1.82) is 0 Å². The van der Waals surface area contributed by atoms with E-state index in [9.17, 15) is 0 Å². The van der Waals surface area contributed by atoms with Crippen LogP contribution in [0.1, 0.15) is 32.6 Å². The molecule has 0 aliphatic rings. The van der Waals surface area contributed by atoms with Crippen LogP contribution in [0.2, 0.25) is 0 Å². The van der Waals surface area contributed by atoms with E-state index in [4.69, 9.17) is 0 Å². The first-order chi connectivity index (χ1) is 5.45.